The van der Waals surface area contributed by atoms with Crippen molar-refractivity contribution in [2.45, 2.75) is 25.7 Å². The van der Waals surface area contributed by atoms with Gasteiger partial charge in [0.25, 0.3) is 0 Å². The fourth-order valence-corrected chi connectivity index (χ4v) is 6.12. The lowest BCUT2D eigenvalue weighted by Crippen LogP contribution is -2.37. The van der Waals surface area contributed by atoms with E-state index in [1.807, 2.05) is 18.0 Å². The fourth-order valence-electron chi connectivity index (χ4n) is 6.12. The van der Waals surface area contributed by atoms with Gasteiger partial charge in [0.15, 0.2) is 0 Å². The van der Waals surface area contributed by atoms with Gasteiger partial charge in [-0.1, -0.05) is 12.6 Å². The van der Waals surface area contributed by atoms with Crippen LogP contribution in [0.1, 0.15) is 30.4 Å². The molecule has 1 aliphatic rings. The van der Waals surface area contributed by atoms with Crippen LogP contribution in [0.15, 0.2) is 43.1 Å². The van der Waals surface area contributed by atoms with Crippen molar-refractivity contribution in [2.75, 3.05) is 13.1 Å². The summed E-state index contributed by atoms with van der Waals surface area (Å²) < 4.78 is 4.41. The average Bonchev–Trinajstić information content (AvgIpc) is 3.59. The molecule has 6 aromatic rings. The third-order valence-corrected chi connectivity index (χ3v) is 8.13. The van der Waals surface area contributed by atoms with Gasteiger partial charge >= 0.3 is 0 Å². The third kappa shape index (κ3) is 2.75. The fraction of sp³-hybridized carbons (Fsp3) is 0.286. The Bertz CT molecular complexity index is 1880. The summed E-state index contributed by atoms with van der Waals surface area (Å²) in [4.78, 5) is 24.1. The minimum Gasteiger partial charge on any atom is -0.339 e. The van der Waals surface area contributed by atoms with Crippen LogP contribution in [0.25, 0.3) is 54.5 Å². The van der Waals surface area contributed by atoms with E-state index in [0.717, 1.165) is 75.9 Å². The molecule has 1 saturated heterocycles. The van der Waals surface area contributed by atoms with Crippen molar-refractivity contribution in [1.29, 1.82) is 0 Å². The largest absolute Gasteiger partial charge is 0.339 e. The second-order valence-corrected chi connectivity index (χ2v) is 9.95. The van der Waals surface area contributed by atoms with Crippen molar-refractivity contribution in [3.05, 3.63) is 54.8 Å². The van der Waals surface area contributed by atoms with Gasteiger partial charge in [-0.2, -0.15) is 5.10 Å². The number of hydrogen-bond donors (Lipinski definition) is 1. The monoisotopic (exact) mass is 477 g/mol. The summed E-state index contributed by atoms with van der Waals surface area (Å²) in [6, 6.07) is 8.75. The van der Waals surface area contributed by atoms with Gasteiger partial charge in [0.05, 0.1) is 33.8 Å². The number of nitrogens with zero attached hydrogens (tertiary/aromatic N) is 6. The van der Waals surface area contributed by atoms with E-state index in [9.17, 15) is 4.79 Å². The van der Waals surface area contributed by atoms with Gasteiger partial charge < -0.3 is 14.0 Å². The molecule has 8 heteroatoms. The maximum Gasteiger partial charge on any atom is 0.245 e. The first-order valence-corrected chi connectivity index (χ1v) is 12.4. The highest BCUT2D eigenvalue weighted by Gasteiger charge is 2.28. The van der Waals surface area contributed by atoms with Gasteiger partial charge in [0, 0.05) is 49.3 Å². The molecule has 1 fully saturated rings. The number of carbonyl (C=O) groups is 1. The van der Waals surface area contributed by atoms with Crippen molar-refractivity contribution < 1.29 is 4.79 Å². The van der Waals surface area contributed by atoms with E-state index in [0.29, 0.717) is 0 Å². The normalized spacial score (nSPS) is 15.2. The first kappa shape index (κ1) is 21.1. The molecule has 0 aliphatic carbocycles. The van der Waals surface area contributed by atoms with Crippen LogP contribution in [-0.2, 0) is 18.9 Å². The van der Waals surface area contributed by atoms with Crippen LogP contribution in [0.4, 0.5) is 0 Å². The Balaban J connectivity index is 1.54. The van der Waals surface area contributed by atoms with Gasteiger partial charge in [-0.15, -0.1) is 0 Å². The van der Waals surface area contributed by atoms with Crippen molar-refractivity contribution in [3.8, 4) is 0 Å². The van der Waals surface area contributed by atoms with Crippen molar-refractivity contribution in [1.82, 2.24) is 34.2 Å². The molecule has 3 aromatic heterocycles. The van der Waals surface area contributed by atoms with Gasteiger partial charge in [-0.05, 0) is 54.8 Å². The number of nitrogens with one attached hydrogen (secondary N) is 1. The maximum atomic E-state index is 12.1. The molecule has 1 aliphatic heterocycles. The number of likely N-dealkylation sites (tertiary alicyclic amines) is 1. The Morgan fingerprint density at radius 1 is 1.06 bits per heavy atom. The molecular formula is C28H27N7O. The summed E-state index contributed by atoms with van der Waals surface area (Å²) in [6.45, 7) is 7.12. The van der Waals surface area contributed by atoms with Gasteiger partial charge in [-0.3, -0.25) is 9.89 Å². The zero-order valence-corrected chi connectivity index (χ0v) is 20.7. The predicted molar refractivity (Wildman–Crippen MR) is 143 cm³/mol. The Kier molecular flexibility index (Phi) is 4.34. The van der Waals surface area contributed by atoms with Gasteiger partial charge in [0.2, 0.25) is 5.91 Å². The molecule has 0 radical (unpaired) electrons. The lowest BCUT2D eigenvalue weighted by molar-refractivity contribution is -0.127. The highest BCUT2D eigenvalue weighted by Crippen LogP contribution is 2.41. The van der Waals surface area contributed by atoms with Crippen LogP contribution in [0.3, 0.4) is 0 Å². The first-order chi connectivity index (χ1) is 17.5. The zero-order chi connectivity index (χ0) is 24.7. The lowest BCUT2D eigenvalue weighted by Gasteiger charge is -2.31. The summed E-state index contributed by atoms with van der Waals surface area (Å²) >= 11 is 0. The number of H-pyrrole nitrogens is 1. The number of benzene rings is 3. The summed E-state index contributed by atoms with van der Waals surface area (Å²) in [5.41, 5.74) is 5.23. The number of rotatable bonds is 2. The van der Waals surface area contributed by atoms with Gasteiger partial charge in [0.1, 0.15) is 11.6 Å². The van der Waals surface area contributed by atoms with E-state index in [-0.39, 0.29) is 11.8 Å². The number of piperidine rings is 1. The number of aryl methyl sites for hydroxylation is 3. The van der Waals surface area contributed by atoms with Crippen LogP contribution in [0, 0.1) is 6.92 Å². The highest BCUT2D eigenvalue weighted by molar-refractivity contribution is 6.30. The highest BCUT2D eigenvalue weighted by atomic mass is 16.2. The molecule has 180 valence electrons. The third-order valence-electron chi connectivity index (χ3n) is 8.13. The molecule has 0 atom stereocenters. The zero-order valence-electron chi connectivity index (χ0n) is 20.7. The summed E-state index contributed by atoms with van der Waals surface area (Å²) in [5.74, 6) is 2.35. The van der Waals surface area contributed by atoms with Crippen LogP contribution >= 0.6 is 0 Å². The number of fused-ring (bicyclic) bond motifs is 9. The Morgan fingerprint density at radius 3 is 2.64 bits per heavy atom. The minimum atomic E-state index is 0.00691. The van der Waals surface area contributed by atoms with Crippen molar-refractivity contribution in [3.63, 3.8) is 0 Å². The molecule has 7 rings (SSSR count). The van der Waals surface area contributed by atoms with E-state index in [1.165, 1.54) is 22.2 Å². The number of carbonyl (C=O) groups excluding carboxylic acids is 1. The Labute approximate surface area is 207 Å². The van der Waals surface area contributed by atoms with Crippen LogP contribution in [-0.4, -0.2) is 53.2 Å². The topological polar surface area (TPSA) is 84.6 Å². The molecule has 1 amide bonds. The smallest absolute Gasteiger partial charge is 0.245 e. The van der Waals surface area contributed by atoms with E-state index in [4.69, 9.17) is 9.97 Å². The molecule has 8 nitrogen and oxygen atoms in total. The molecule has 0 bridgehead atoms. The molecule has 4 heterocycles. The number of aromatic nitrogens is 6. The van der Waals surface area contributed by atoms with Crippen LogP contribution in [0.5, 0.6) is 0 Å². The van der Waals surface area contributed by atoms with Crippen LogP contribution in [0.2, 0.25) is 0 Å². The second-order valence-electron chi connectivity index (χ2n) is 9.95. The molecule has 1 N–H and O–H groups in total. The molecule has 0 saturated carbocycles. The van der Waals surface area contributed by atoms with Crippen LogP contribution < -0.4 is 0 Å². The molecular weight excluding hydrogens is 450 g/mol. The quantitative estimate of drug-likeness (QED) is 0.286. The maximum absolute atomic E-state index is 12.1. The minimum absolute atomic E-state index is 0.00691. The van der Waals surface area contributed by atoms with E-state index in [2.05, 4.69) is 64.3 Å². The first-order valence-electron chi connectivity index (χ1n) is 12.4. The number of aromatic amines is 1. The van der Waals surface area contributed by atoms with Gasteiger partial charge in [-0.25, -0.2) is 9.97 Å². The predicted octanol–water partition coefficient (Wildman–Crippen LogP) is 4.84. The summed E-state index contributed by atoms with van der Waals surface area (Å²) in [5, 5.41) is 13.2. The van der Waals surface area contributed by atoms with E-state index < -0.39 is 0 Å². The number of imidazole rings is 2. The number of hydrogen-bond acceptors (Lipinski definition) is 4. The second kappa shape index (κ2) is 7.40. The standard InChI is InChI=1S/C28H27N7O/c1-5-24(36)35-10-8-16(9-11-35)28-31-26-19-12-22-23(33(3)15(2)30-22)13-18(19)17-6-7-21-20(14-29-32-21)25(17)27(26)34(28)4/h5-7,12-14,16H,1,8-11H2,2-4H3,(H,29,32). The lowest BCUT2D eigenvalue weighted by atomic mass is 9.96. The Hall–Kier alpha value is -4.20. The van der Waals surface area contributed by atoms with E-state index >= 15 is 0 Å². The Morgan fingerprint density at radius 2 is 1.86 bits per heavy atom. The molecule has 0 spiro atoms. The van der Waals surface area contributed by atoms with E-state index in [1.54, 1.807) is 0 Å². The average molecular weight is 478 g/mol. The van der Waals surface area contributed by atoms with Crippen molar-refractivity contribution >= 4 is 60.4 Å². The summed E-state index contributed by atoms with van der Waals surface area (Å²) in [6.07, 6.45) is 5.10. The molecule has 3 aromatic carbocycles. The molecule has 36 heavy (non-hydrogen) atoms. The summed E-state index contributed by atoms with van der Waals surface area (Å²) in [7, 11) is 4.19. The molecule has 0 unspecified atom stereocenters. The SMILES string of the molecule is C=CC(=O)N1CCC(c2nc3c4cc5nc(C)n(C)c5cc4c4ccc5[nH]ncc5c4c3n2C)CC1. The van der Waals surface area contributed by atoms with Crippen molar-refractivity contribution in [2.24, 2.45) is 14.1 Å². The number of amides is 1.